The van der Waals surface area contributed by atoms with Crippen molar-refractivity contribution in [3.8, 4) is 17.5 Å². The standard InChI is InChI=1S/C12H11N5O2/c1-2-19-11(18)8-17-15-12(14-16-17)10-5-3-9(7-13)4-6-10/h3-6H,2,8H2,1H3. The van der Waals surface area contributed by atoms with Crippen LogP contribution in [0, 0.1) is 11.3 Å². The van der Waals surface area contributed by atoms with Gasteiger partial charge in [0.1, 0.15) is 0 Å². The van der Waals surface area contributed by atoms with Crippen LogP contribution in [0.2, 0.25) is 0 Å². The predicted molar refractivity (Wildman–Crippen MR) is 64.6 cm³/mol. The van der Waals surface area contributed by atoms with E-state index in [9.17, 15) is 4.79 Å². The first-order chi connectivity index (χ1) is 9.22. The van der Waals surface area contributed by atoms with Gasteiger partial charge in [-0.1, -0.05) is 0 Å². The Hall–Kier alpha value is -2.75. The fourth-order valence-corrected chi connectivity index (χ4v) is 1.44. The number of aromatic nitrogens is 4. The average Bonchev–Trinajstić information content (AvgIpc) is 2.87. The largest absolute Gasteiger partial charge is 0.465 e. The molecule has 19 heavy (non-hydrogen) atoms. The van der Waals surface area contributed by atoms with E-state index in [0.717, 1.165) is 5.56 Å². The topological polar surface area (TPSA) is 93.7 Å². The van der Waals surface area contributed by atoms with Gasteiger partial charge in [-0.05, 0) is 36.4 Å². The van der Waals surface area contributed by atoms with Crippen molar-refractivity contribution in [3.05, 3.63) is 29.8 Å². The van der Waals surface area contributed by atoms with Crippen molar-refractivity contribution in [1.29, 1.82) is 5.26 Å². The molecule has 0 atom stereocenters. The summed E-state index contributed by atoms with van der Waals surface area (Å²) < 4.78 is 4.79. The van der Waals surface area contributed by atoms with E-state index in [2.05, 4.69) is 15.4 Å². The number of ether oxygens (including phenoxy) is 1. The lowest BCUT2D eigenvalue weighted by atomic mass is 10.1. The van der Waals surface area contributed by atoms with Gasteiger partial charge in [-0.15, -0.1) is 10.2 Å². The van der Waals surface area contributed by atoms with E-state index in [1.807, 2.05) is 6.07 Å². The number of carbonyl (C=O) groups excluding carboxylic acids is 1. The van der Waals surface area contributed by atoms with E-state index in [1.165, 1.54) is 4.80 Å². The number of hydrogen-bond donors (Lipinski definition) is 0. The molecule has 1 aromatic heterocycles. The third-order valence-electron chi connectivity index (χ3n) is 2.30. The number of hydrogen-bond acceptors (Lipinski definition) is 6. The highest BCUT2D eigenvalue weighted by atomic mass is 16.5. The number of nitrogens with zero attached hydrogens (tertiary/aromatic N) is 5. The molecule has 0 bridgehead atoms. The molecule has 0 saturated carbocycles. The predicted octanol–water partition coefficient (Wildman–Crippen LogP) is 0.775. The molecule has 0 unspecified atom stereocenters. The number of rotatable bonds is 4. The van der Waals surface area contributed by atoms with Gasteiger partial charge in [0.05, 0.1) is 18.2 Å². The minimum Gasteiger partial charge on any atom is -0.465 e. The van der Waals surface area contributed by atoms with Crippen LogP contribution in [0.25, 0.3) is 11.4 Å². The summed E-state index contributed by atoms with van der Waals surface area (Å²) in [6.45, 7) is 1.97. The molecule has 1 heterocycles. The summed E-state index contributed by atoms with van der Waals surface area (Å²) in [6.07, 6.45) is 0. The Kier molecular flexibility index (Phi) is 3.83. The van der Waals surface area contributed by atoms with E-state index >= 15 is 0 Å². The Balaban J connectivity index is 2.12. The highest BCUT2D eigenvalue weighted by molar-refractivity contribution is 5.68. The van der Waals surface area contributed by atoms with E-state index in [-0.39, 0.29) is 6.54 Å². The van der Waals surface area contributed by atoms with Crippen molar-refractivity contribution in [2.45, 2.75) is 13.5 Å². The first-order valence-electron chi connectivity index (χ1n) is 5.67. The Morgan fingerprint density at radius 3 is 2.79 bits per heavy atom. The van der Waals surface area contributed by atoms with Crippen molar-refractivity contribution >= 4 is 5.97 Å². The van der Waals surface area contributed by atoms with Crippen LogP contribution in [0.1, 0.15) is 12.5 Å². The summed E-state index contributed by atoms with van der Waals surface area (Å²) in [6, 6.07) is 8.82. The number of carbonyl (C=O) groups is 1. The molecule has 0 aliphatic rings. The SMILES string of the molecule is CCOC(=O)Cn1nnc(-c2ccc(C#N)cc2)n1. The monoisotopic (exact) mass is 257 g/mol. The van der Waals surface area contributed by atoms with Gasteiger partial charge in [-0.2, -0.15) is 10.1 Å². The summed E-state index contributed by atoms with van der Waals surface area (Å²) in [4.78, 5) is 12.4. The van der Waals surface area contributed by atoms with Gasteiger partial charge in [0.2, 0.25) is 5.82 Å². The van der Waals surface area contributed by atoms with Gasteiger partial charge < -0.3 is 4.74 Å². The molecule has 0 aliphatic carbocycles. The van der Waals surface area contributed by atoms with Crippen LogP contribution in [0.5, 0.6) is 0 Å². The second-order valence-corrected chi connectivity index (χ2v) is 3.64. The maximum atomic E-state index is 11.3. The zero-order valence-corrected chi connectivity index (χ0v) is 10.3. The minimum absolute atomic E-state index is 0.0723. The number of nitriles is 1. The third-order valence-corrected chi connectivity index (χ3v) is 2.30. The fourth-order valence-electron chi connectivity index (χ4n) is 1.44. The van der Waals surface area contributed by atoms with Crippen LogP contribution in [0.15, 0.2) is 24.3 Å². The summed E-state index contributed by atoms with van der Waals surface area (Å²) in [5.74, 6) is -0.0138. The molecular weight excluding hydrogens is 246 g/mol. The van der Waals surface area contributed by atoms with Crippen LogP contribution in [-0.4, -0.2) is 32.8 Å². The lowest BCUT2D eigenvalue weighted by molar-refractivity contribution is -0.144. The normalized spacial score (nSPS) is 9.89. The fraction of sp³-hybridized carbons (Fsp3) is 0.250. The lowest BCUT2D eigenvalue weighted by Crippen LogP contribution is -2.15. The number of esters is 1. The zero-order chi connectivity index (χ0) is 13.7. The average molecular weight is 257 g/mol. The first kappa shape index (κ1) is 12.7. The number of benzene rings is 1. The molecule has 96 valence electrons. The zero-order valence-electron chi connectivity index (χ0n) is 10.3. The third kappa shape index (κ3) is 3.13. The highest BCUT2D eigenvalue weighted by Crippen LogP contribution is 2.13. The van der Waals surface area contributed by atoms with Crippen molar-refractivity contribution in [2.75, 3.05) is 6.61 Å². The van der Waals surface area contributed by atoms with E-state index in [1.54, 1.807) is 31.2 Å². The molecule has 0 amide bonds. The molecule has 0 spiro atoms. The molecule has 2 rings (SSSR count). The summed E-state index contributed by atoms with van der Waals surface area (Å²) in [7, 11) is 0. The van der Waals surface area contributed by atoms with Gasteiger partial charge in [-0.3, -0.25) is 0 Å². The Bertz CT molecular complexity index is 612. The van der Waals surface area contributed by atoms with Gasteiger partial charge in [0.15, 0.2) is 6.54 Å². The van der Waals surface area contributed by atoms with Crippen LogP contribution in [0.4, 0.5) is 0 Å². The summed E-state index contributed by atoms with van der Waals surface area (Å²) >= 11 is 0. The first-order valence-corrected chi connectivity index (χ1v) is 5.67. The highest BCUT2D eigenvalue weighted by Gasteiger charge is 2.09. The maximum Gasteiger partial charge on any atom is 0.329 e. The van der Waals surface area contributed by atoms with Gasteiger partial charge in [-0.25, -0.2) is 4.79 Å². The smallest absolute Gasteiger partial charge is 0.329 e. The minimum atomic E-state index is -0.411. The molecule has 0 aliphatic heterocycles. The molecule has 1 aromatic carbocycles. The van der Waals surface area contributed by atoms with E-state index < -0.39 is 5.97 Å². The molecule has 7 heteroatoms. The van der Waals surface area contributed by atoms with Gasteiger partial charge >= 0.3 is 5.97 Å². The van der Waals surface area contributed by atoms with Crippen molar-refractivity contribution in [3.63, 3.8) is 0 Å². The number of tetrazole rings is 1. The van der Waals surface area contributed by atoms with Crippen LogP contribution >= 0.6 is 0 Å². The van der Waals surface area contributed by atoms with E-state index in [0.29, 0.717) is 18.0 Å². The van der Waals surface area contributed by atoms with Crippen molar-refractivity contribution < 1.29 is 9.53 Å². The van der Waals surface area contributed by atoms with Crippen molar-refractivity contribution in [2.24, 2.45) is 0 Å². The quantitative estimate of drug-likeness (QED) is 0.751. The lowest BCUT2D eigenvalue weighted by Gasteiger charge is -1.99. The van der Waals surface area contributed by atoms with Crippen LogP contribution in [0.3, 0.4) is 0 Å². The van der Waals surface area contributed by atoms with Crippen LogP contribution in [-0.2, 0) is 16.1 Å². The Morgan fingerprint density at radius 1 is 1.42 bits per heavy atom. The second kappa shape index (κ2) is 5.73. The second-order valence-electron chi connectivity index (χ2n) is 3.64. The van der Waals surface area contributed by atoms with E-state index in [4.69, 9.17) is 10.00 Å². The molecule has 0 radical (unpaired) electrons. The molecule has 7 nitrogen and oxygen atoms in total. The summed E-state index contributed by atoms with van der Waals surface area (Å²) in [5.41, 5.74) is 1.29. The van der Waals surface area contributed by atoms with Gasteiger partial charge in [0, 0.05) is 5.56 Å². The van der Waals surface area contributed by atoms with Crippen LogP contribution < -0.4 is 0 Å². The Morgan fingerprint density at radius 2 is 2.16 bits per heavy atom. The molecule has 0 saturated heterocycles. The molecular formula is C12H11N5O2. The van der Waals surface area contributed by atoms with Crippen molar-refractivity contribution in [1.82, 2.24) is 20.2 Å². The molecule has 0 N–H and O–H groups in total. The van der Waals surface area contributed by atoms with Gasteiger partial charge in [0.25, 0.3) is 0 Å². The summed E-state index contributed by atoms with van der Waals surface area (Å²) in [5, 5.41) is 20.4. The molecule has 2 aromatic rings. The Labute approximate surface area is 109 Å². The maximum absolute atomic E-state index is 11.3. The molecule has 0 fully saturated rings.